The number of rotatable bonds is 7. The molecule has 1 aliphatic carbocycles. The molecule has 25 heavy (non-hydrogen) atoms. The van der Waals surface area contributed by atoms with Crippen molar-refractivity contribution < 1.29 is 9.59 Å². The Bertz CT molecular complexity index is 641. The molecule has 134 valence electrons. The van der Waals surface area contributed by atoms with Gasteiger partial charge in [-0.2, -0.15) is 0 Å². The predicted molar refractivity (Wildman–Crippen MR) is 101 cm³/mol. The Morgan fingerprint density at radius 3 is 2.40 bits per heavy atom. The standard InChI is InChI=1S/C21H28N2O2/c1-4-13-23(14-5-2)21(25)20(24)22-19(6-3)18-12-11-16-9-7-8-10-17(16)15-18/h4-5,11-12,15,19H,1-2,6-10,13-14H2,3H3,(H,22,24). The van der Waals surface area contributed by atoms with Crippen LogP contribution in [0.4, 0.5) is 0 Å². The van der Waals surface area contributed by atoms with Crippen molar-refractivity contribution in [2.24, 2.45) is 0 Å². The molecule has 0 bridgehead atoms. The monoisotopic (exact) mass is 340 g/mol. The molecule has 2 amide bonds. The summed E-state index contributed by atoms with van der Waals surface area (Å²) in [4.78, 5) is 26.2. The van der Waals surface area contributed by atoms with Crippen molar-refractivity contribution in [2.45, 2.75) is 45.1 Å². The van der Waals surface area contributed by atoms with E-state index in [1.807, 2.05) is 6.92 Å². The van der Waals surface area contributed by atoms with Crippen LogP contribution >= 0.6 is 0 Å². The first-order valence-corrected chi connectivity index (χ1v) is 9.04. The molecule has 0 aromatic heterocycles. The predicted octanol–water partition coefficient (Wildman–Crippen LogP) is 3.33. The molecule has 0 fully saturated rings. The number of aryl methyl sites for hydroxylation is 2. The highest BCUT2D eigenvalue weighted by molar-refractivity contribution is 6.35. The lowest BCUT2D eigenvalue weighted by Crippen LogP contribution is -2.44. The van der Waals surface area contributed by atoms with E-state index in [4.69, 9.17) is 0 Å². The highest BCUT2D eigenvalue weighted by Gasteiger charge is 2.23. The van der Waals surface area contributed by atoms with Gasteiger partial charge in [-0.25, -0.2) is 0 Å². The summed E-state index contributed by atoms with van der Waals surface area (Å²) in [6.45, 7) is 9.93. The maximum Gasteiger partial charge on any atom is 0.312 e. The van der Waals surface area contributed by atoms with Crippen LogP contribution in [0.5, 0.6) is 0 Å². The summed E-state index contributed by atoms with van der Waals surface area (Å²) < 4.78 is 0. The number of hydrogen-bond donors (Lipinski definition) is 1. The fourth-order valence-corrected chi connectivity index (χ4v) is 3.31. The van der Waals surface area contributed by atoms with Gasteiger partial charge in [-0.3, -0.25) is 9.59 Å². The fourth-order valence-electron chi connectivity index (χ4n) is 3.31. The Kier molecular flexibility index (Phi) is 6.99. The van der Waals surface area contributed by atoms with E-state index in [1.165, 1.54) is 28.9 Å². The average molecular weight is 340 g/mol. The van der Waals surface area contributed by atoms with Crippen LogP contribution in [-0.2, 0) is 22.4 Å². The van der Waals surface area contributed by atoms with Gasteiger partial charge in [-0.1, -0.05) is 37.3 Å². The van der Waals surface area contributed by atoms with Gasteiger partial charge in [0.2, 0.25) is 0 Å². The minimum Gasteiger partial charge on any atom is -0.341 e. The largest absolute Gasteiger partial charge is 0.341 e. The molecule has 1 aromatic rings. The summed E-state index contributed by atoms with van der Waals surface area (Å²) >= 11 is 0. The van der Waals surface area contributed by atoms with Gasteiger partial charge in [-0.15, -0.1) is 13.2 Å². The first kappa shape index (κ1) is 19.0. The zero-order chi connectivity index (χ0) is 18.2. The number of benzene rings is 1. The van der Waals surface area contributed by atoms with E-state index in [0.29, 0.717) is 13.1 Å². The van der Waals surface area contributed by atoms with Crippen LogP contribution in [0, 0.1) is 0 Å². The molecule has 1 unspecified atom stereocenters. The quantitative estimate of drug-likeness (QED) is 0.611. The summed E-state index contributed by atoms with van der Waals surface area (Å²) in [5.41, 5.74) is 3.86. The molecule has 1 aliphatic rings. The molecular formula is C21H28N2O2. The van der Waals surface area contributed by atoms with Gasteiger partial charge in [-0.05, 0) is 48.8 Å². The molecule has 0 heterocycles. The SMILES string of the molecule is C=CCN(CC=C)C(=O)C(=O)NC(CC)c1ccc2c(c1)CCCC2. The van der Waals surface area contributed by atoms with Crippen molar-refractivity contribution in [3.8, 4) is 0 Å². The van der Waals surface area contributed by atoms with Gasteiger partial charge in [0.15, 0.2) is 0 Å². The third-order valence-electron chi connectivity index (χ3n) is 4.67. The highest BCUT2D eigenvalue weighted by atomic mass is 16.2. The second kappa shape index (κ2) is 9.21. The zero-order valence-electron chi connectivity index (χ0n) is 15.1. The molecule has 0 aliphatic heterocycles. The van der Waals surface area contributed by atoms with Gasteiger partial charge >= 0.3 is 11.8 Å². The van der Waals surface area contributed by atoms with E-state index in [9.17, 15) is 9.59 Å². The van der Waals surface area contributed by atoms with Gasteiger partial charge < -0.3 is 10.2 Å². The number of hydrogen-bond acceptors (Lipinski definition) is 2. The van der Waals surface area contributed by atoms with Crippen LogP contribution in [0.25, 0.3) is 0 Å². The van der Waals surface area contributed by atoms with E-state index < -0.39 is 11.8 Å². The second-order valence-electron chi connectivity index (χ2n) is 6.46. The molecule has 1 N–H and O–H groups in total. The molecule has 1 atom stereocenters. The number of carbonyl (C=O) groups excluding carboxylic acids is 2. The Morgan fingerprint density at radius 2 is 1.80 bits per heavy atom. The van der Waals surface area contributed by atoms with Gasteiger partial charge in [0, 0.05) is 13.1 Å². The Hall–Kier alpha value is -2.36. The lowest BCUT2D eigenvalue weighted by atomic mass is 9.89. The van der Waals surface area contributed by atoms with Crippen molar-refractivity contribution in [3.63, 3.8) is 0 Å². The van der Waals surface area contributed by atoms with Crippen molar-refractivity contribution in [3.05, 3.63) is 60.2 Å². The topological polar surface area (TPSA) is 49.4 Å². The molecule has 0 spiro atoms. The second-order valence-corrected chi connectivity index (χ2v) is 6.46. The average Bonchev–Trinajstić information content (AvgIpc) is 2.64. The summed E-state index contributed by atoms with van der Waals surface area (Å²) in [7, 11) is 0. The summed E-state index contributed by atoms with van der Waals surface area (Å²) in [5.74, 6) is -1.12. The van der Waals surface area contributed by atoms with E-state index in [0.717, 1.165) is 24.8 Å². The Labute approximate surface area is 150 Å². The number of carbonyl (C=O) groups is 2. The third kappa shape index (κ3) is 4.81. The van der Waals surface area contributed by atoms with Gasteiger partial charge in [0.05, 0.1) is 6.04 Å². The number of fused-ring (bicyclic) bond motifs is 1. The molecule has 0 saturated heterocycles. The van der Waals surface area contributed by atoms with Crippen molar-refractivity contribution in [1.29, 1.82) is 0 Å². The Morgan fingerprint density at radius 1 is 1.16 bits per heavy atom. The first-order valence-electron chi connectivity index (χ1n) is 9.04. The molecule has 4 heteroatoms. The molecule has 4 nitrogen and oxygen atoms in total. The fraction of sp³-hybridized carbons (Fsp3) is 0.429. The van der Waals surface area contributed by atoms with Crippen LogP contribution in [0.2, 0.25) is 0 Å². The first-order chi connectivity index (χ1) is 12.1. The van der Waals surface area contributed by atoms with Crippen LogP contribution < -0.4 is 5.32 Å². The number of nitrogens with zero attached hydrogens (tertiary/aromatic N) is 1. The third-order valence-corrected chi connectivity index (χ3v) is 4.67. The summed E-state index contributed by atoms with van der Waals surface area (Å²) in [6, 6.07) is 6.29. The lowest BCUT2D eigenvalue weighted by molar-refractivity contribution is -0.145. The molecule has 0 saturated carbocycles. The minimum atomic E-state index is -0.576. The maximum absolute atomic E-state index is 12.4. The highest BCUT2D eigenvalue weighted by Crippen LogP contribution is 2.26. The van der Waals surface area contributed by atoms with E-state index in [1.54, 1.807) is 12.2 Å². The van der Waals surface area contributed by atoms with Crippen LogP contribution in [0.3, 0.4) is 0 Å². The molecule has 0 radical (unpaired) electrons. The number of nitrogens with one attached hydrogen (secondary N) is 1. The normalized spacial score (nSPS) is 14.1. The maximum atomic E-state index is 12.4. The lowest BCUT2D eigenvalue weighted by Gasteiger charge is -2.23. The molecule has 1 aromatic carbocycles. The van der Waals surface area contributed by atoms with Gasteiger partial charge in [0.1, 0.15) is 0 Å². The van der Waals surface area contributed by atoms with Crippen LogP contribution in [0.15, 0.2) is 43.5 Å². The van der Waals surface area contributed by atoms with Crippen molar-refractivity contribution >= 4 is 11.8 Å². The smallest absolute Gasteiger partial charge is 0.312 e. The zero-order valence-corrected chi connectivity index (χ0v) is 15.1. The van der Waals surface area contributed by atoms with Crippen LogP contribution in [-0.4, -0.2) is 29.8 Å². The van der Waals surface area contributed by atoms with Crippen LogP contribution in [0.1, 0.15) is 48.9 Å². The Balaban J connectivity index is 2.10. The summed E-state index contributed by atoms with van der Waals surface area (Å²) in [6.07, 6.45) is 8.65. The summed E-state index contributed by atoms with van der Waals surface area (Å²) in [5, 5.41) is 2.89. The van der Waals surface area contributed by atoms with Crippen molar-refractivity contribution in [2.75, 3.05) is 13.1 Å². The van der Waals surface area contributed by atoms with E-state index >= 15 is 0 Å². The van der Waals surface area contributed by atoms with Gasteiger partial charge in [0.25, 0.3) is 0 Å². The molecular weight excluding hydrogens is 312 g/mol. The van der Waals surface area contributed by atoms with Crippen molar-refractivity contribution in [1.82, 2.24) is 10.2 Å². The van der Waals surface area contributed by atoms with E-state index in [-0.39, 0.29) is 6.04 Å². The number of amides is 2. The van der Waals surface area contributed by atoms with E-state index in [2.05, 4.69) is 36.7 Å². The minimum absolute atomic E-state index is 0.155. The molecule has 2 rings (SSSR count).